The van der Waals surface area contributed by atoms with Gasteiger partial charge in [0.1, 0.15) is 5.82 Å². The van der Waals surface area contributed by atoms with Gasteiger partial charge in [0.25, 0.3) is 0 Å². The molecule has 0 aliphatic heterocycles. The van der Waals surface area contributed by atoms with Crippen LogP contribution in [0, 0.1) is 0 Å². The van der Waals surface area contributed by atoms with Gasteiger partial charge >= 0.3 is 0 Å². The van der Waals surface area contributed by atoms with Crippen LogP contribution in [0.15, 0.2) is 76.4 Å². The second-order valence-electron chi connectivity index (χ2n) is 6.14. The zero-order chi connectivity index (χ0) is 18.5. The highest BCUT2D eigenvalue weighted by Crippen LogP contribution is 2.25. The first kappa shape index (κ1) is 17.5. The Bertz CT molecular complexity index is 995. The average molecular weight is 376 g/mol. The maximum absolute atomic E-state index is 5.47. The molecule has 0 atom stereocenters. The quantitative estimate of drug-likeness (QED) is 0.432. The normalized spacial score (nSPS) is 11.0. The van der Waals surface area contributed by atoms with Gasteiger partial charge in [-0.05, 0) is 12.5 Å². The number of hydrogen-bond acceptors (Lipinski definition) is 5. The Labute approximate surface area is 162 Å². The predicted octanol–water partition coefficient (Wildman–Crippen LogP) is 4.84. The van der Waals surface area contributed by atoms with Gasteiger partial charge < -0.3 is 9.09 Å². The molecule has 0 unspecified atom stereocenters. The minimum absolute atomic E-state index is 0.694. The van der Waals surface area contributed by atoms with E-state index in [1.165, 1.54) is 5.56 Å². The lowest BCUT2D eigenvalue weighted by Gasteiger charge is -2.06. The Morgan fingerprint density at radius 2 is 1.70 bits per heavy atom. The van der Waals surface area contributed by atoms with Crippen LogP contribution in [0.2, 0.25) is 0 Å². The zero-order valence-electron chi connectivity index (χ0n) is 15.1. The van der Waals surface area contributed by atoms with E-state index in [0.29, 0.717) is 5.75 Å². The maximum atomic E-state index is 5.47. The standard InChI is InChI=1S/C21H20N4OS/c1-2-25-20(13-16-9-5-3-6-10-16)22-23-21(25)27-15-18-14-19(26-24-18)17-11-7-4-8-12-17/h3-12,14H,2,13,15H2,1H3. The van der Waals surface area contributed by atoms with Crippen LogP contribution in [0.25, 0.3) is 11.3 Å². The lowest BCUT2D eigenvalue weighted by molar-refractivity contribution is 0.426. The number of rotatable bonds is 7. The first-order valence-electron chi connectivity index (χ1n) is 8.93. The molecule has 0 saturated carbocycles. The van der Waals surface area contributed by atoms with Gasteiger partial charge in [-0.15, -0.1) is 10.2 Å². The summed E-state index contributed by atoms with van der Waals surface area (Å²) < 4.78 is 7.64. The third kappa shape index (κ3) is 4.11. The summed E-state index contributed by atoms with van der Waals surface area (Å²) in [5.74, 6) is 2.46. The molecular formula is C21H20N4OS. The molecule has 0 bridgehead atoms. The van der Waals surface area contributed by atoms with Crippen LogP contribution in [-0.2, 0) is 18.7 Å². The summed E-state index contributed by atoms with van der Waals surface area (Å²) in [5, 5.41) is 13.9. The number of benzene rings is 2. The van der Waals surface area contributed by atoms with Crippen molar-refractivity contribution in [2.45, 2.75) is 30.8 Å². The Balaban J connectivity index is 1.45. The molecular weight excluding hydrogens is 356 g/mol. The van der Waals surface area contributed by atoms with Crippen molar-refractivity contribution in [3.63, 3.8) is 0 Å². The Morgan fingerprint density at radius 3 is 2.44 bits per heavy atom. The predicted molar refractivity (Wildman–Crippen MR) is 106 cm³/mol. The van der Waals surface area contributed by atoms with E-state index in [-0.39, 0.29) is 0 Å². The Kier molecular flexibility index (Phi) is 5.34. The first-order valence-corrected chi connectivity index (χ1v) is 9.92. The molecule has 2 aromatic heterocycles. The molecule has 0 aliphatic rings. The monoisotopic (exact) mass is 376 g/mol. The van der Waals surface area contributed by atoms with Gasteiger partial charge in [0, 0.05) is 30.3 Å². The topological polar surface area (TPSA) is 56.7 Å². The van der Waals surface area contributed by atoms with Crippen LogP contribution < -0.4 is 0 Å². The van der Waals surface area contributed by atoms with Gasteiger partial charge in [0.05, 0.1) is 5.69 Å². The summed E-state index contributed by atoms with van der Waals surface area (Å²) in [7, 11) is 0. The summed E-state index contributed by atoms with van der Waals surface area (Å²) >= 11 is 1.63. The maximum Gasteiger partial charge on any atom is 0.191 e. The Hall–Kier alpha value is -2.86. The van der Waals surface area contributed by atoms with Gasteiger partial charge in [0.2, 0.25) is 0 Å². The second kappa shape index (κ2) is 8.22. The van der Waals surface area contributed by atoms with Crippen molar-refractivity contribution in [1.29, 1.82) is 0 Å². The molecule has 4 rings (SSSR count). The van der Waals surface area contributed by atoms with Gasteiger partial charge in [-0.2, -0.15) is 0 Å². The zero-order valence-corrected chi connectivity index (χ0v) is 15.9. The van der Waals surface area contributed by atoms with E-state index in [4.69, 9.17) is 4.52 Å². The Morgan fingerprint density at radius 1 is 0.963 bits per heavy atom. The van der Waals surface area contributed by atoms with Crippen LogP contribution in [0.1, 0.15) is 24.0 Å². The molecule has 27 heavy (non-hydrogen) atoms. The molecule has 136 valence electrons. The minimum atomic E-state index is 0.694. The van der Waals surface area contributed by atoms with Crippen LogP contribution in [0.4, 0.5) is 0 Å². The van der Waals surface area contributed by atoms with Gasteiger partial charge in [-0.3, -0.25) is 0 Å². The molecule has 2 heterocycles. The molecule has 0 spiro atoms. The van der Waals surface area contributed by atoms with E-state index in [9.17, 15) is 0 Å². The summed E-state index contributed by atoms with van der Waals surface area (Å²) in [6.45, 7) is 2.96. The van der Waals surface area contributed by atoms with Crippen LogP contribution in [0.3, 0.4) is 0 Å². The van der Waals surface area contributed by atoms with Gasteiger partial charge in [-0.25, -0.2) is 0 Å². The van der Waals surface area contributed by atoms with E-state index in [1.807, 2.05) is 54.6 Å². The molecule has 0 radical (unpaired) electrons. The molecule has 2 aromatic carbocycles. The third-order valence-electron chi connectivity index (χ3n) is 4.28. The fourth-order valence-electron chi connectivity index (χ4n) is 2.91. The molecule has 0 N–H and O–H groups in total. The fraction of sp³-hybridized carbons (Fsp3) is 0.190. The number of nitrogens with zero attached hydrogens (tertiary/aromatic N) is 4. The van der Waals surface area contributed by atoms with E-state index in [0.717, 1.165) is 41.0 Å². The van der Waals surface area contributed by atoms with Gasteiger partial charge in [0.15, 0.2) is 10.9 Å². The van der Waals surface area contributed by atoms with Crippen molar-refractivity contribution < 1.29 is 4.52 Å². The molecule has 6 heteroatoms. The van der Waals surface area contributed by atoms with Crippen LogP contribution in [0.5, 0.6) is 0 Å². The lowest BCUT2D eigenvalue weighted by atomic mass is 10.1. The van der Waals surface area contributed by atoms with Crippen LogP contribution >= 0.6 is 11.8 Å². The number of aromatic nitrogens is 4. The number of thioether (sulfide) groups is 1. The van der Waals surface area contributed by atoms with E-state index >= 15 is 0 Å². The van der Waals surface area contributed by atoms with E-state index < -0.39 is 0 Å². The summed E-state index contributed by atoms with van der Waals surface area (Å²) in [6.07, 6.45) is 0.782. The number of hydrogen-bond donors (Lipinski definition) is 0. The molecule has 4 aromatic rings. The highest BCUT2D eigenvalue weighted by atomic mass is 32.2. The van der Waals surface area contributed by atoms with Crippen molar-refractivity contribution in [2.75, 3.05) is 0 Å². The first-order chi connectivity index (χ1) is 13.3. The lowest BCUT2D eigenvalue weighted by Crippen LogP contribution is -2.04. The third-order valence-corrected chi connectivity index (χ3v) is 5.28. The smallest absolute Gasteiger partial charge is 0.191 e. The molecule has 0 fully saturated rings. The van der Waals surface area contributed by atoms with Gasteiger partial charge in [-0.1, -0.05) is 77.6 Å². The van der Waals surface area contributed by atoms with Crippen molar-refractivity contribution in [3.05, 3.63) is 83.8 Å². The molecule has 0 saturated heterocycles. The highest BCUT2D eigenvalue weighted by Gasteiger charge is 2.13. The van der Waals surface area contributed by atoms with E-state index in [2.05, 4.69) is 39.0 Å². The summed E-state index contributed by atoms with van der Waals surface area (Å²) in [6, 6.07) is 22.3. The van der Waals surface area contributed by atoms with Crippen LogP contribution in [-0.4, -0.2) is 19.9 Å². The van der Waals surface area contributed by atoms with Crippen molar-refractivity contribution in [1.82, 2.24) is 19.9 Å². The summed E-state index contributed by atoms with van der Waals surface area (Å²) in [5.41, 5.74) is 3.16. The molecule has 0 amide bonds. The fourth-order valence-corrected chi connectivity index (χ4v) is 3.81. The SMILES string of the molecule is CCn1c(Cc2ccccc2)nnc1SCc1cc(-c2ccccc2)on1. The second-order valence-corrected chi connectivity index (χ2v) is 7.09. The summed E-state index contributed by atoms with van der Waals surface area (Å²) in [4.78, 5) is 0. The highest BCUT2D eigenvalue weighted by molar-refractivity contribution is 7.98. The average Bonchev–Trinajstić information content (AvgIpc) is 3.34. The van der Waals surface area contributed by atoms with Crippen molar-refractivity contribution in [2.24, 2.45) is 0 Å². The van der Waals surface area contributed by atoms with Crippen molar-refractivity contribution in [3.8, 4) is 11.3 Å². The van der Waals surface area contributed by atoms with E-state index in [1.54, 1.807) is 11.8 Å². The molecule has 5 nitrogen and oxygen atoms in total. The molecule has 0 aliphatic carbocycles. The van der Waals surface area contributed by atoms with Crippen molar-refractivity contribution >= 4 is 11.8 Å². The largest absolute Gasteiger partial charge is 0.356 e. The minimum Gasteiger partial charge on any atom is -0.356 e.